The predicted octanol–water partition coefficient (Wildman–Crippen LogP) is 5.69. The zero-order chi connectivity index (χ0) is 21.1. The van der Waals surface area contributed by atoms with Crippen molar-refractivity contribution in [2.24, 2.45) is 0 Å². The van der Waals surface area contributed by atoms with E-state index in [9.17, 15) is 9.59 Å². The first kappa shape index (κ1) is 20.5. The lowest BCUT2D eigenvalue weighted by Gasteiger charge is -2.15. The van der Waals surface area contributed by atoms with Crippen LogP contribution in [-0.2, 0) is 6.42 Å². The summed E-state index contributed by atoms with van der Waals surface area (Å²) < 4.78 is 0. The van der Waals surface area contributed by atoms with E-state index in [1.165, 1.54) is 12.5 Å². The van der Waals surface area contributed by atoms with Gasteiger partial charge in [-0.1, -0.05) is 43.3 Å². The molecule has 4 nitrogen and oxygen atoms in total. The molecule has 0 aliphatic carbocycles. The maximum atomic E-state index is 13.1. The zero-order valence-corrected chi connectivity index (χ0v) is 17.6. The monoisotopic (exact) mass is 386 g/mol. The molecule has 0 radical (unpaired) electrons. The minimum absolute atomic E-state index is 0.0230. The second kappa shape index (κ2) is 8.39. The van der Waals surface area contributed by atoms with Crippen molar-refractivity contribution in [1.82, 2.24) is 4.98 Å². The van der Waals surface area contributed by atoms with Gasteiger partial charge >= 0.3 is 0 Å². The third-order valence-electron chi connectivity index (χ3n) is 5.23. The molecule has 0 atom stereocenters. The van der Waals surface area contributed by atoms with Crippen LogP contribution in [0.5, 0.6) is 0 Å². The Balaban J connectivity index is 1.98. The number of aromatic nitrogens is 1. The van der Waals surface area contributed by atoms with E-state index in [4.69, 9.17) is 0 Å². The number of carbonyl (C=O) groups excluding carboxylic acids is 2. The van der Waals surface area contributed by atoms with Crippen molar-refractivity contribution in [1.29, 1.82) is 0 Å². The summed E-state index contributed by atoms with van der Waals surface area (Å²) in [7, 11) is 0. The third-order valence-corrected chi connectivity index (χ3v) is 5.23. The molecule has 29 heavy (non-hydrogen) atoms. The minimum Gasteiger partial charge on any atom is -0.320 e. The summed E-state index contributed by atoms with van der Waals surface area (Å²) in [4.78, 5) is 29.6. The second-order valence-electron chi connectivity index (χ2n) is 7.36. The Bertz CT molecular complexity index is 1100. The summed E-state index contributed by atoms with van der Waals surface area (Å²) >= 11 is 0. The van der Waals surface area contributed by atoms with Gasteiger partial charge in [0.2, 0.25) is 0 Å². The number of benzene rings is 2. The second-order valence-corrected chi connectivity index (χ2v) is 7.36. The molecule has 0 fully saturated rings. The van der Waals surface area contributed by atoms with Crippen molar-refractivity contribution in [2.75, 3.05) is 5.32 Å². The fraction of sp³-hybridized carbons (Fsp3) is 0.240. The van der Waals surface area contributed by atoms with Gasteiger partial charge in [-0.05, 0) is 68.5 Å². The van der Waals surface area contributed by atoms with Gasteiger partial charge in [-0.2, -0.15) is 0 Å². The summed E-state index contributed by atoms with van der Waals surface area (Å²) in [6.45, 7) is 9.29. The molecule has 0 saturated carbocycles. The van der Waals surface area contributed by atoms with Crippen molar-refractivity contribution in [3.05, 3.63) is 82.0 Å². The fourth-order valence-electron chi connectivity index (χ4n) is 3.46. The summed E-state index contributed by atoms with van der Waals surface area (Å²) in [6.07, 6.45) is 0.943. The van der Waals surface area contributed by atoms with Crippen molar-refractivity contribution >= 4 is 17.4 Å². The molecule has 4 heteroatoms. The average Bonchev–Trinajstić information content (AvgIpc) is 2.71. The Labute approximate surface area is 172 Å². The average molecular weight is 386 g/mol. The summed E-state index contributed by atoms with van der Waals surface area (Å²) in [5, 5.41) is 2.98. The number of rotatable bonds is 5. The van der Waals surface area contributed by atoms with E-state index in [1.54, 1.807) is 6.07 Å². The van der Waals surface area contributed by atoms with Gasteiger partial charge in [-0.25, -0.2) is 4.98 Å². The lowest BCUT2D eigenvalue weighted by Crippen LogP contribution is -2.18. The highest BCUT2D eigenvalue weighted by Gasteiger charge is 2.17. The Morgan fingerprint density at radius 2 is 1.69 bits per heavy atom. The van der Waals surface area contributed by atoms with Gasteiger partial charge in [0.05, 0.1) is 5.69 Å². The molecule has 148 valence electrons. The highest BCUT2D eigenvalue weighted by Crippen LogP contribution is 2.26. The molecule has 1 heterocycles. The quantitative estimate of drug-likeness (QED) is 0.573. The number of amides is 1. The fourth-order valence-corrected chi connectivity index (χ4v) is 3.46. The molecule has 0 aliphatic rings. The number of Topliss-reactive ketones (excluding diaryl/α,β-unsaturated/α-hetero) is 1. The van der Waals surface area contributed by atoms with Gasteiger partial charge in [-0.3, -0.25) is 9.59 Å². The molecule has 0 spiro atoms. The highest BCUT2D eigenvalue weighted by atomic mass is 16.2. The molecular weight excluding hydrogens is 360 g/mol. The molecule has 0 unspecified atom stereocenters. The van der Waals surface area contributed by atoms with E-state index in [0.29, 0.717) is 16.9 Å². The first-order valence-corrected chi connectivity index (χ1v) is 9.81. The van der Waals surface area contributed by atoms with Crippen molar-refractivity contribution in [3.8, 4) is 11.3 Å². The molecule has 0 aliphatic heterocycles. The lowest BCUT2D eigenvalue weighted by molar-refractivity contribution is 0.100. The van der Waals surface area contributed by atoms with Crippen LogP contribution in [0.1, 0.15) is 56.9 Å². The minimum atomic E-state index is -0.275. The molecule has 3 aromatic rings. The summed E-state index contributed by atoms with van der Waals surface area (Å²) in [6, 6.07) is 15.7. The van der Waals surface area contributed by atoms with E-state index in [0.717, 1.165) is 34.4 Å². The summed E-state index contributed by atoms with van der Waals surface area (Å²) in [5.41, 5.74) is 7.13. The van der Waals surface area contributed by atoms with Gasteiger partial charge in [0, 0.05) is 16.8 Å². The van der Waals surface area contributed by atoms with E-state index < -0.39 is 0 Å². The number of aryl methyl sites for hydroxylation is 3. The van der Waals surface area contributed by atoms with Crippen molar-refractivity contribution in [3.63, 3.8) is 0 Å². The third kappa shape index (κ3) is 4.27. The number of anilines is 1. The van der Waals surface area contributed by atoms with E-state index >= 15 is 0 Å². The molecular formula is C25H26N2O2. The lowest BCUT2D eigenvalue weighted by atomic mass is 9.99. The van der Waals surface area contributed by atoms with Gasteiger partial charge in [0.25, 0.3) is 5.91 Å². The van der Waals surface area contributed by atoms with Crippen LogP contribution in [0.15, 0.2) is 48.5 Å². The van der Waals surface area contributed by atoms with Gasteiger partial charge in [-0.15, -0.1) is 0 Å². The largest absolute Gasteiger partial charge is 0.320 e. The number of ketones is 1. The topological polar surface area (TPSA) is 59.1 Å². The van der Waals surface area contributed by atoms with Gasteiger partial charge < -0.3 is 5.32 Å². The zero-order valence-electron chi connectivity index (χ0n) is 17.6. The Morgan fingerprint density at radius 3 is 2.38 bits per heavy atom. The standard InChI is InChI=1S/C25H26N2O2/c1-6-19-8-7-9-20(14-19)22-13-11-16(3)24(26-22)25(29)27-23-15(2)10-12-21(17(23)4)18(5)28/h7-14H,6H2,1-5H3,(H,27,29). The SMILES string of the molecule is CCc1cccc(-c2ccc(C)c(C(=O)Nc3c(C)ccc(C(C)=O)c3C)n2)c1. The number of nitrogens with one attached hydrogen (secondary N) is 1. The van der Waals surface area contributed by atoms with Crippen LogP contribution in [-0.4, -0.2) is 16.7 Å². The number of hydrogen-bond donors (Lipinski definition) is 1. The van der Waals surface area contributed by atoms with Crippen molar-refractivity contribution in [2.45, 2.75) is 41.0 Å². The number of pyridine rings is 1. The van der Waals surface area contributed by atoms with Gasteiger partial charge in [0.1, 0.15) is 5.69 Å². The first-order chi connectivity index (χ1) is 13.8. The predicted molar refractivity (Wildman–Crippen MR) is 118 cm³/mol. The highest BCUT2D eigenvalue weighted by molar-refractivity contribution is 6.06. The maximum absolute atomic E-state index is 13.1. The molecule has 3 rings (SSSR count). The van der Waals surface area contributed by atoms with Crippen LogP contribution >= 0.6 is 0 Å². The maximum Gasteiger partial charge on any atom is 0.274 e. The van der Waals surface area contributed by atoms with Crippen LogP contribution in [0.4, 0.5) is 5.69 Å². The molecule has 0 bridgehead atoms. The number of nitrogens with zero attached hydrogens (tertiary/aromatic N) is 1. The normalized spacial score (nSPS) is 10.7. The first-order valence-electron chi connectivity index (χ1n) is 9.81. The number of hydrogen-bond acceptors (Lipinski definition) is 3. The molecule has 0 saturated heterocycles. The summed E-state index contributed by atoms with van der Waals surface area (Å²) in [5.74, 6) is -0.298. The number of carbonyl (C=O) groups is 2. The Hall–Kier alpha value is -3.27. The van der Waals surface area contributed by atoms with Crippen molar-refractivity contribution < 1.29 is 9.59 Å². The van der Waals surface area contributed by atoms with E-state index in [1.807, 2.05) is 51.1 Å². The van der Waals surface area contributed by atoms with Crippen LogP contribution in [0, 0.1) is 20.8 Å². The molecule has 1 N–H and O–H groups in total. The van der Waals surface area contributed by atoms with Crippen LogP contribution in [0.25, 0.3) is 11.3 Å². The molecule has 2 aromatic carbocycles. The smallest absolute Gasteiger partial charge is 0.274 e. The van der Waals surface area contributed by atoms with E-state index in [2.05, 4.69) is 29.4 Å². The molecule has 1 amide bonds. The molecule has 1 aromatic heterocycles. The van der Waals surface area contributed by atoms with Crippen LogP contribution < -0.4 is 5.32 Å². The van der Waals surface area contributed by atoms with Gasteiger partial charge in [0.15, 0.2) is 5.78 Å². The van der Waals surface area contributed by atoms with Crippen LogP contribution in [0.2, 0.25) is 0 Å². The van der Waals surface area contributed by atoms with Crippen LogP contribution in [0.3, 0.4) is 0 Å². The Morgan fingerprint density at radius 1 is 0.966 bits per heavy atom. The van der Waals surface area contributed by atoms with E-state index in [-0.39, 0.29) is 11.7 Å². The Kier molecular flexibility index (Phi) is 5.92.